The van der Waals surface area contributed by atoms with Gasteiger partial charge in [0.15, 0.2) is 0 Å². The maximum atomic E-state index is 4.23. The number of nitrogens with one attached hydrogen (secondary N) is 1. The Labute approximate surface area is 98.2 Å². The van der Waals surface area contributed by atoms with Crippen LogP contribution in [0.4, 0.5) is 0 Å². The number of nitrogens with zero attached hydrogens (tertiary/aromatic N) is 2. The highest BCUT2D eigenvalue weighted by molar-refractivity contribution is 4.79. The van der Waals surface area contributed by atoms with E-state index >= 15 is 0 Å². The average Bonchev–Trinajstić information content (AvgIpc) is 2.81. The third-order valence-electron chi connectivity index (χ3n) is 3.50. The molecule has 3 nitrogen and oxygen atoms in total. The van der Waals surface area contributed by atoms with Gasteiger partial charge in [0.1, 0.15) is 0 Å². The third-order valence-corrected chi connectivity index (χ3v) is 3.50. The normalized spacial score (nSPS) is 19.8. The van der Waals surface area contributed by atoms with E-state index in [4.69, 9.17) is 0 Å². The quantitative estimate of drug-likeness (QED) is 0.827. The van der Waals surface area contributed by atoms with E-state index in [1.54, 1.807) is 0 Å². The molecule has 0 amide bonds. The highest BCUT2D eigenvalue weighted by atomic mass is 15.3. The highest BCUT2D eigenvalue weighted by Crippen LogP contribution is 2.22. The molecule has 1 heterocycles. The van der Waals surface area contributed by atoms with Gasteiger partial charge in [-0.3, -0.25) is 4.68 Å². The summed E-state index contributed by atoms with van der Waals surface area (Å²) in [6.07, 6.45) is 11.0. The molecule has 0 aromatic carbocycles. The van der Waals surface area contributed by atoms with Crippen molar-refractivity contribution in [1.82, 2.24) is 15.1 Å². The summed E-state index contributed by atoms with van der Waals surface area (Å²) >= 11 is 0. The van der Waals surface area contributed by atoms with Crippen molar-refractivity contribution in [2.24, 2.45) is 5.92 Å². The van der Waals surface area contributed by atoms with E-state index in [1.807, 2.05) is 23.1 Å². The fourth-order valence-corrected chi connectivity index (χ4v) is 2.51. The predicted octanol–water partition coefficient (Wildman–Crippen LogP) is 2.44. The van der Waals surface area contributed by atoms with Gasteiger partial charge in [0.25, 0.3) is 0 Å². The van der Waals surface area contributed by atoms with E-state index in [9.17, 15) is 0 Å². The third kappa shape index (κ3) is 3.63. The Balaban J connectivity index is 1.65. The van der Waals surface area contributed by atoms with Gasteiger partial charge in [0.2, 0.25) is 0 Å². The van der Waals surface area contributed by atoms with E-state index in [-0.39, 0.29) is 0 Å². The van der Waals surface area contributed by atoms with E-state index in [1.165, 1.54) is 38.6 Å². The number of rotatable bonds is 5. The van der Waals surface area contributed by atoms with Crippen LogP contribution in [-0.4, -0.2) is 22.4 Å². The molecule has 3 heteroatoms. The minimum Gasteiger partial charge on any atom is -0.312 e. The molecular formula is C13H23N3. The topological polar surface area (TPSA) is 29.9 Å². The second-order valence-corrected chi connectivity index (χ2v) is 5.04. The molecule has 90 valence electrons. The van der Waals surface area contributed by atoms with Gasteiger partial charge in [0, 0.05) is 18.4 Å². The molecular weight excluding hydrogens is 198 g/mol. The first kappa shape index (κ1) is 11.6. The van der Waals surface area contributed by atoms with Crippen LogP contribution in [0.5, 0.6) is 0 Å². The zero-order valence-electron chi connectivity index (χ0n) is 10.2. The second kappa shape index (κ2) is 6.04. The molecule has 0 spiro atoms. The molecule has 0 saturated heterocycles. The standard InChI is InChI=1S/C13H23N3/c1-12(11-16-9-5-8-15-16)14-10-13-6-3-2-4-7-13/h5,8-9,12-14H,2-4,6-7,10-11H2,1H3/t12-/m0/s1. The van der Waals surface area contributed by atoms with E-state index < -0.39 is 0 Å². The lowest BCUT2D eigenvalue weighted by molar-refractivity contribution is 0.320. The van der Waals surface area contributed by atoms with Crippen LogP contribution >= 0.6 is 0 Å². The van der Waals surface area contributed by atoms with Crippen molar-refractivity contribution in [3.8, 4) is 0 Å². The number of hydrogen-bond acceptors (Lipinski definition) is 2. The molecule has 1 saturated carbocycles. The molecule has 0 radical (unpaired) electrons. The summed E-state index contributed by atoms with van der Waals surface area (Å²) in [5.41, 5.74) is 0. The molecule has 0 unspecified atom stereocenters. The SMILES string of the molecule is C[C@@H](Cn1cccn1)NCC1CCCCC1. The van der Waals surface area contributed by atoms with Crippen LogP contribution in [0.3, 0.4) is 0 Å². The van der Waals surface area contributed by atoms with Crippen LogP contribution in [0.25, 0.3) is 0 Å². The van der Waals surface area contributed by atoms with Gasteiger partial charge in [-0.05, 0) is 38.3 Å². The minimum atomic E-state index is 0.516. The molecule has 0 aliphatic heterocycles. The van der Waals surface area contributed by atoms with Crippen molar-refractivity contribution in [1.29, 1.82) is 0 Å². The Bertz CT molecular complexity index is 275. The van der Waals surface area contributed by atoms with Crippen LogP contribution in [0.1, 0.15) is 39.0 Å². The van der Waals surface area contributed by atoms with Crippen molar-refractivity contribution >= 4 is 0 Å². The summed E-state index contributed by atoms with van der Waals surface area (Å²) in [5, 5.41) is 7.86. The van der Waals surface area contributed by atoms with Crippen molar-refractivity contribution < 1.29 is 0 Å². The molecule has 1 aliphatic carbocycles. The molecule has 0 bridgehead atoms. The molecule has 16 heavy (non-hydrogen) atoms. The molecule has 1 fully saturated rings. The molecule has 1 aliphatic rings. The van der Waals surface area contributed by atoms with Crippen molar-refractivity contribution in [2.45, 2.75) is 51.6 Å². The monoisotopic (exact) mass is 221 g/mol. The summed E-state index contributed by atoms with van der Waals surface area (Å²) in [4.78, 5) is 0. The van der Waals surface area contributed by atoms with Crippen molar-refractivity contribution in [2.75, 3.05) is 6.54 Å². The van der Waals surface area contributed by atoms with Crippen LogP contribution in [0, 0.1) is 5.92 Å². The molecule has 1 aromatic rings. The van der Waals surface area contributed by atoms with Crippen LogP contribution < -0.4 is 5.32 Å². The Morgan fingerprint density at radius 1 is 1.38 bits per heavy atom. The molecule has 1 aromatic heterocycles. The Morgan fingerprint density at radius 3 is 2.88 bits per heavy atom. The Hall–Kier alpha value is -0.830. The van der Waals surface area contributed by atoms with Crippen LogP contribution in [0.2, 0.25) is 0 Å². The summed E-state index contributed by atoms with van der Waals surface area (Å²) in [6.45, 7) is 4.40. The van der Waals surface area contributed by atoms with Gasteiger partial charge in [-0.15, -0.1) is 0 Å². The van der Waals surface area contributed by atoms with Gasteiger partial charge in [0.05, 0.1) is 6.54 Å². The lowest BCUT2D eigenvalue weighted by atomic mass is 9.89. The van der Waals surface area contributed by atoms with Gasteiger partial charge in [-0.2, -0.15) is 5.10 Å². The van der Waals surface area contributed by atoms with Crippen LogP contribution in [0.15, 0.2) is 18.5 Å². The summed E-state index contributed by atoms with van der Waals surface area (Å²) in [6, 6.07) is 2.50. The van der Waals surface area contributed by atoms with E-state index in [0.29, 0.717) is 6.04 Å². The summed E-state index contributed by atoms with van der Waals surface area (Å²) in [5.74, 6) is 0.911. The molecule has 1 atom stereocenters. The number of hydrogen-bond donors (Lipinski definition) is 1. The molecule has 1 N–H and O–H groups in total. The fraction of sp³-hybridized carbons (Fsp3) is 0.769. The van der Waals surface area contributed by atoms with Crippen molar-refractivity contribution in [3.05, 3.63) is 18.5 Å². The molecule has 2 rings (SSSR count). The van der Waals surface area contributed by atoms with Gasteiger partial charge >= 0.3 is 0 Å². The van der Waals surface area contributed by atoms with Gasteiger partial charge in [-0.1, -0.05) is 19.3 Å². The maximum absolute atomic E-state index is 4.23. The first-order chi connectivity index (χ1) is 7.84. The van der Waals surface area contributed by atoms with E-state index in [0.717, 1.165) is 12.5 Å². The Morgan fingerprint density at radius 2 is 2.19 bits per heavy atom. The Kier molecular flexibility index (Phi) is 4.40. The first-order valence-electron chi connectivity index (χ1n) is 6.55. The predicted molar refractivity (Wildman–Crippen MR) is 66.3 cm³/mol. The van der Waals surface area contributed by atoms with Gasteiger partial charge in [-0.25, -0.2) is 0 Å². The van der Waals surface area contributed by atoms with E-state index in [2.05, 4.69) is 17.3 Å². The van der Waals surface area contributed by atoms with Crippen molar-refractivity contribution in [3.63, 3.8) is 0 Å². The summed E-state index contributed by atoms with van der Waals surface area (Å²) in [7, 11) is 0. The minimum absolute atomic E-state index is 0.516. The second-order valence-electron chi connectivity index (χ2n) is 5.04. The van der Waals surface area contributed by atoms with Gasteiger partial charge < -0.3 is 5.32 Å². The average molecular weight is 221 g/mol. The zero-order valence-corrected chi connectivity index (χ0v) is 10.2. The van der Waals surface area contributed by atoms with Crippen LogP contribution in [-0.2, 0) is 6.54 Å². The maximum Gasteiger partial charge on any atom is 0.0559 e. The lowest BCUT2D eigenvalue weighted by Crippen LogP contribution is -2.35. The highest BCUT2D eigenvalue weighted by Gasteiger charge is 2.14. The largest absolute Gasteiger partial charge is 0.312 e. The summed E-state index contributed by atoms with van der Waals surface area (Å²) < 4.78 is 2.00. The lowest BCUT2D eigenvalue weighted by Gasteiger charge is -2.24. The smallest absolute Gasteiger partial charge is 0.0559 e. The zero-order chi connectivity index (χ0) is 11.2. The number of aromatic nitrogens is 2. The fourth-order valence-electron chi connectivity index (χ4n) is 2.51. The first-order valence-corrected chi connectivity index (χ1v) is 6.55.